The van der Waals surface area contributed by atoms with Crippen LogP contribution in [0.2, 0.25) is 5.02 Å². The Kier molecular flexibility index (Phi) is 7.31. The fourth-order valence-corrected chi connectivity index (χ4v) is 1.92. The number of hydrogen-bond donors (Lipinski definition) is 3. The summed E-state index contributed by atoms with van der Waals surface area (Å²) < 4.78 is 10.1. The first-order valence-corrected chi connectivity index (χ1v) is 7.50. The number of rotatable bonds is 7. The van der Waals surface area contributed by atoms with Gasteiger partial charge in [0.05, 0.1) is 19.2 Å². The van der Waals surface area contributed by atoms with Gasteiger partial charge in [0.2, 0.25) is 0 Å². The summed E-state index contributed by atoms with van der Waals surface area (Å²) in [4.78, 5) is 34.2. The third kappa shape index (κ3) is 5.96. The van der Waals surface area contributed by atoms with Crippen LogP contribution in [-0.2, 0) is 14.3 Å². The zero-order valence-corrected chi connectivity index (χ0v) is 14.4. The summed E-state index contributed by atoms with van der Waals surface area (Å²) >= 11 is 6.00. The fourth-order valence-electron chi connectivity index (χ4n) is 1.76. The minimum absolute atomic E-state index is 0.0344. The number of halogens is 1. The van der Waals surface area contributed by atoms with Crippen LogP contribution in [0.5, 0.6) is 5.75 Å². The number of anilines is 1. The van der Waals surface area contributed by atoms with Gasteiger partial charge in [0.15, 0.2) is 6.10 Å². The second-order valence-electron chi connectivity index (χ2n) is 4.96. The number of methoxy groups -OCH3 is 1. The number of ether oxygens (including phenoxy) is 2. The SMILES string of the molecule is COc1cc(Cl)c(C)cc1NC(=O)[C@H](C)OC(=O)CCNC(N)=O. The van der Waals surface area contributed by atoms with Crippen LogP contribution < -0.4 is 21.1 Å². The third-order valence-electron chi connectivity index (χ3n) is 3.04. The van der Waals surface area contributed by atoms with E-state index in [4.69, 9.17) is 26.8 Å². The summed E-state index contributed by atoms with van der Waals surface area (Å²) in [6, 6.07) is 2.50. The van der Waals surface area contributed by atoms with Crippen LogP contribution in [0.15, 0.2) is 12.1 Å². The smallest absolute Gasteiger partial charge is 0.312 e. The Balaban J connectivity index is 2.62. The van der Waals surface area contributed by atoms with Crippen molar-refractivity contribution < 1.29 is 23.9 Å². The molecule has 0 saturated carbocycles. The average Bonchev–Trinajstić information content (AvgIpc) is 2.50. The first kappa shape index (κ1) is 19.6. The van der Waals surface area contributed by atoms with Crippen LogP contribution in [0.25, 0.3) is 0 Å². The maximum atomic E-state index is 12.1. The molecule has 0 aliphatic rings. The van der Waals surface area contributed by atoms with Crippen LogP contribution >= 0.6 is 11.6 Å². The minimum atomic E-state index is -1.02. The van der Waals surface area contributed by atoms with E-state index in [1.165, 1.54) is 14.0 Å². The molecule has 4 N–H and O–H groups in total. The van der Waals surface area contributed by atoms with E-state index in [0.717, 1.165) is 5.56 Å². The van der Waals surface area contributed by atoms with Crippen molar-refractivity contribution in [1.82, 2.24) is 5.32 Å². The van der Waals surface area contributed by atoms with Gasteiger partial charge < -0.3 is 25.8 Å². The zero-order chi connectivity index (χ0) is 18.3. The van der Waals surface area contributed by atoms with Gasteiger partial charge in [-0.1, -0.05) is 11.6 Å². The Hall–Kier alpha value is -2.48. The van der Waals surface area contributed by atoms with Crippen LogP contribution in [0.4, 0.5) is 10.5 Å². The maximum Gasteiger partial charge on any atom is 0.312 e. The van der Waals surface area contributed by atoms with E-state index in [1.54, 1.807) is 19.1 Å². The van der Waals surface area contributed by atoms with Crippen molar-refractivity contribution in [2.75, 3.05) is 19.0 Å². The molecule has 9 heteroatoms. The number of carbonyl (C=O) groups is 3. The van der Waals surface area contributed by atoms with E-state index in [1.807, 2.05) is 0 Å². The van der Waals surface area contributed by atoms with Crippen LogP contribution in [-0.4, -0.2) is 37.7 Å². The number of esters is 1. The van der Waals surface area contributed by atoms with E-state index < -0.39 is 24.0 Å². The van der Waals surface area contributed by atoms with Gasteiger partial charge in [-0.2, -0.15) is 0 Å². The van der Waals surface area contributed by atoms with E-state index in [-0.39, 0.29) is 13.0 Å². The van der Waals surface area contributed by atoms with Crippen LogP contribution in [0, 0.1) is 6.92 Å². The quantitative estimate of drug-likeness (QED) is 0.640. The molecule has 1 aromatic carbocycles. The van der Waals surface area contributed by atoms with Crippen molar-refractivity contribution in [1.29, 1.82) is 0 Å². The Morgan fingerprint density at radius 1 is 1.33 bits per heavy atom. The number of carbonyl (C=O) groups excluding carboxylic acids is 3. The zero-order valence-electron chi connectivity index (χ0n) is 13.6. The molecule has 3 amide bonds. The van der Waals surface area contributed by atoms with E-state index >= 15 is 0 Å². The molecule has 24 heavy (non-hydrogen) atoms. The number of nitrogens with one attached hydrogen (secondary N) is 2. The molecular weight excluding hydrogens is 338 g/mol. The number of amides is 3. The summed E-state index contributed by atoms with van der Waals surface area (Å²) in [5.74, 6) is -0.764. The molecule has 0 saturated heterocycles. The standard InChI is InChI=1S/C15H20ClN3O5/c1-8-6-11(12(23-3)7-10(8)16)19-14(21)9(2)24-13(20)4-5-18-15(17)22/h6-7,9H,4-5H2,1-3H3,(H,19,21)(H3,17,18,22)/t9-/m0/s1. The fraction of sp³-hybridized carbons (Fsp3) is 0.400. The Morgan fingerprint density at radius 3 is 2.58 bits per heavy atom. The second-order valence-corrected chi connectivity index (χ2v) is 5.37. The molecule has 0 fully saturated rings. The Morgan fingerprint density at radius 2 is 2.00 bits per heavy atom. The largest absolute Gasteiger partial charge is 0.495 e. The molecular formula is C15H20ClN3O5. The summed E-state index contributed by atoms with van der Waals surface area (Å²) in [5, 5.41) is 5.38. The topological polar surface area (TPSA) is 120 Å². The predicted molar refractivity (Wildman–Crippen MR) is 89.1 cm³/mol. The lowest BCUT2D eigenvalue weighted by Crippen LogP contribution is -2.33. The highest BCUT2D eigenvalue weighted by atomic mass is 35.5. The lowest BCUT2D eigenvalue weighted by atomic mass is 10.2. The summed E-state index contributed by atoms with van der Waals surface area (Å²) in [6.45, 7) is 3.25. The van der Waals surface area contributed by atoms with Crippen molar-refractivity contribution in [2.45, 2.75) is 26.4 Å². The molecule has 8 nitrogen and oxygen atoms in total. The lowest BCUT2D eigenvalue weighted by molar-refractivity contribution is -0.153. The molecule has 1 rings (SSSR count). The van der Waals surface area contributed by atoms with E-state index in [9.17, 15) is 14.4 Å². The number of urea groups is 1. The second kappa shape index (κ2) is 8.97. The summed E-state index contributed by atoms with van der Waals surface area (Å²) in [7, 11) is 1.45. The highest BCUT2D eigenvalue weighted by molar-refractivity contribution is 6.31. The van der Waals surface area contributed by atoms with E-state index in [0.29, 0.717) is 16.5 Å². The van der Waals surface area contributed by atoms with Crippen molar-refractivity contribution in [3.05, 3.63) is 22.7 Å². The van der Waals surface area contributed by atoms with Crippen molar-refractivity contribution in [3.8, 4) is 5.75 Å². The first-order chi connectivity index (χ1) is 11.2. The van der Waals surface area contributed by atoms with Crippen molar-refractivity contribution >= 4 is 35.2 Å². The molecule has 132 valence electrons. The monoisotopic (exact) mass is 357 g/mol. The van der Waals surface area contributed by atoms with Gasteiger partial charge in [-0.05, 0) is 25.5 Å². The summed E-state index contributed by atoms with van der Waals surface area (Å²) in [6.07, 6.45) is -1.11. The molecule has 0 aromatic heterocycles. The van der Waals surface area contributed by atoms with E-state index in [2.05, 4.69) is 10.6 Å². The molecule has 0 unspecified atom stereocenters. The molecule has 0 aliphatic heterocycles. The van der Waals surface area contributed by atoms with Gasteiger partial charge in [0.25, 0.3) is 5.91 Å². The predicted octanol–water partition coefficient (Wildman–Crippen LogP) is 1.59. The minimum Gasteiger partial charge on any atom is -0.495 e. The normalized spacial score (nSPS) is 11.3. The Labute approximate surface area is 144 Å². The highest BCUT2D eigenvalue weighted by Gasteiger charge is 2.19. The molecule has 1 aromatic rings. The Bertz CT molecular complexity index is 636. The van der Waals surface area contributed by atoms with Gasteiger partial charge in [-0.25, -0.2) is 4.79 Å². The van der Waals surface area contributed by atoms with Crippen LogP contribution in [0.1, 0.15) is 18.9 Å². The number of aryl methyl sites for hydroxylation is 1. The van der Waals surface area contributed by atoms with Gasteiger partial charge in [-0.15, -0.1) is 0 Å². The molecule has 0 heterocycles. The number of nitrogens with two attached hydrogens (primary N) is 1. The van der Waals surface area contributed by atoms with Gasteiger partial charge >= 0.3 is 12.0 Å². The van der Waals surface area contributed by atoms with Gasteiger partial charge in [0, 0.05) is 17.6 Å². The first-order valence-electron chi connectivity index (χ1n) is 7.12. The molecule has 0 bridgehead atoms. The highest BCUT2D eigenvalue weighted by Crippen LogP contribution is 2.31. The van der Waals surface area contributed by atoms with Crippen molar-refractivity contribution in [3.63, 3.8) is 0 Å². The van der Waals surface area contributed by atoms with Gasteiger partial charge in [0.1, 0.15) is 5.75 Å². The molecule has 0 aliphatic carbocycles. The number of hydrogen-bond acceptors (Lipinski definition) is 5. The molecule has 0 spiro atoms. The number of primary amides is 1. The average molecular weight is 358 g/mol. The van der Waals surface area contributed by atoms with Crippen molar-refractivity contribution in [2.24, 2.45) is 5.73 Å². The number of benzene rings is 1. The molecule has 0 radical (unpaired) electrons. The lowest BCUT2D eigenvalue weighted by Gasteiger charge is -2.16. The summed E-state index contributed by atoms with van der Waals surface area (Å²) in [5.41, 5.74) is 6.06. The molecule has 1 atom stereocenters. The maximum absolute atomic E-state index is 12.1. The third-order valence-corrected chi connectivity index (χ3v) is 3.45. The van der Waals surface area contributed by atoms with Gasteiger partial charge in [-0.3, -0.25) is 9.59 Å². The van der Waals surface area contributed by atoms with Crippen LogP contribution in [0.3, 0.4) is 0 Å².